The third-order valence-electron chi connectivity index (χ3n) is 10.3. The van der Waals surface area contributed by atoms with Crippen LogP contribution < -0.4 is 4.74 Å². The second-order valence-corrected chi connectivity index (χ2v) is 12.7. The number of imide groups is 1. The quantitative estimate of drug-likeness (QED) is 0.310. The first-order valence-corrected chi connectivity index (χ1v) is 15.5. The minimum atomic E-state index is -0.574. The summed E-state index contributed by atoms with van der Waals surface area (Å²) in [4.78, 5) is 59.1. The standard InChI is InChI=1S/C36H36N2O6/c1-20-16-29(40)27-18-26-24(31(33(27)34(20)41)22-8-11-28(39)30(17-22)44-2)9-10-25-32(26)36(43)38(35(25)42)23-12-14-37(15-13-23)19-21-6-4-3-5-7-21/h3-9,11,16-17,23,25-26,31-32,39H,10,12-15,18-19H2,1-2H3/t25-,26+,31-,32-/m0/s1. The molecule has 2 aliphatic heterocycles. The number of carbonyl (C=O) groups excluding carboxylic acids is 4. The van der Waals surface area contributed by atoms with Gasteiger partial charge >= 0.3 is 0 Å². The average molecular weight is 593 g/mol. The third-order valence-corrected chi connectivity index (χ3v) is 10.3. The number of likely N-dealkylation sites (tertiary alicyclic amines) is 2. The van der Waals surface area contributed by atoms with Gasteiger partial charge in [0.25, 0.3) is 0 Å². The first-order chi connectivity index (χ1) is 21.3. The van der Waals surface area contributed by atoms with E-state index in [4.69, 9.17) is 4.74 Å². The zero-order valence-corrected chi connectivity index (χ0v) is 25.0. The number of hydrogen-bond acceptors (Lipinski definition) is 7. The predicted molar refractivity (Wildman–Crippen MR) is 163 cm³/mol. The van der Waals surface area contributed by atoms with Gasteiger partial charge in [0.2, 0.25) is 11.8 Å². The highest BCUT2D eigenvalue weighted by Gasteiger charge is 2.57. The van der Waals surface area contributed by atoms with Crippen molar-refractivity contribution in [2.45, 2.75) is 51.1 Å². The molecular formula is C36H36N2O6. The number of carbonyl (C=O) groups is 4. The van der Waals surface area contributed by atoms with Crippen molar-refractivity contribution in [1.29, 1.82) is 0 Å². The van der Waals surface area contributed by atoms with Gasteiger partial charge in [-0.05, 0) is 67.9 Å². The van der Waals surface area contributed by atoms with Crippen LogP contribution in [0.1, 0.15) is 49.7 Å². The summed E-state index contributed by atoms with van der Waals surface area (Å²) in [5.41, 5.74) is 4.09. The zero-order valence-electron chi connectivity index (χ0n) is 25.0. The molecule has 0 bridgehead atoms. The lowest BCUT2D eigenvalue weighted by Crippen LogP contribution is -2.47. The molecule has 44 heavy (non-hydrogen) atoms. The number of benzene rings is 2. The SMILES string of the molecule is COc1cc([C@H]2C3=CC[C@@H]4C(=O)N(C5CCN(Cc6ccccc6)CC5)C(=O)[C@@H]4[C@@H]3CC3=C2C(=O)C(C)=CC3=O)ccc1O. The maximum Gasteiger partial charge on any atom is 0.233 e. The second-order valence-electron chi connectivity index (χ2n) is 12.7. The van der Waals surface area contributed by atoms with Crippen LogP contribution in [0.2, 0.25) is 0 Å². The van der Waals surface area contributed by atoms with Crippen molar-refractivity contribution >= 4 is 23.4 Å². The fourth-order valence-electron chi connectivity index (χ4n) is 8.18. The maximum atomic E-state index is 14.3. The summed E-state index contributed by atoms with van der Waals surface area (Å²) in [6, 6.07) is 15.1. The topological polar surface area (TPSA) is 104 Å². The van der Waals surface area contributed by atoms with E-state index in [-0.39, 0.29) is 53.3 Å². The Labute approximate surface area is 256 Å². The highest BCUT2D eigenvalue weighted by atomic mass is 16.5. The highest BCUT2D eigenvalue weighted by Crippen LogP contribution is 2.56. The molecule has 2 amide bonds. The summed E-state index contributed by atoms with van der Waals surface area (Å²) in [5, 5.41) is 10.3. The molecule has 0 saturated carbocycles. The van der Waals surface area contributed by atoms with Gasteiger partial charge in [-0.2, -0.15) is 0 Å². The van der Waals surface area contributed by atoms with Crippen LogP contribution in [0.25, 0.3) is 0 Å². The number of fused-ring (bicyclic) bond motifs is 3. The smallest absolute Gasteiger partial charge is 0.233 e. The number of aromatic hydroxyl groups is 1. The Kier molecular flexibility index (Phi) is 7.12. The Morgan fingerprint density at radius 3 is 2.43 bits per heavy atom. The first-order valence-electron chi connectivity index (χ1n) is 15.5. The van der Waals surface area contributed by atoms with Crippen LogP contribution in [0.15, 0.2) is 83.0 Å². The molecule has 2 aromatic carbocycles. The number of hydrogen-bond donors (Lipinski definition) is 1. The van der Waals surface area contributed by atoms with E-state index in [9.17, 15) is 24.3 Å². The molecule has 2 saturated heterocycles. The summed E-state index contributed by atoms with van der Waals surface area (Å²) >= 11 is 0. The average Bonchev–Trinajstić information content (AvgIpc) is 3.29. The number of Topliss-reactive ketones (excluding diaryl/α,β-unsaturated/α-hetero) is 1. The number of ketones is 2. The van der Waals surface area contributed by atoms with Crippen molar-refractivity contribution in [3.05, 3.63) is 94.1 Å². The van der Waals surface area contributed by atoms with E-state index in [2.05, 4.69) is 17.0 Å². The van der Waals surface area contributed by atoms with E-state index < -0.39 is 17.8 Å². The van der Waals surface area contributed by atoms with Crippen LogP contribution in [-0.4, -0.2) is 64.5 Å². The fourth-order valence-corrected chi connectivity index (χ4v) is 8.18. The van der Waals surface area contributed by atoms with Gasteiger partial charge < -0.3 is 9.84 Å². The number of phenols is 1. The number of methoxy groups -OCH3 is 1. The Bertz CT molecular complexity index is 1660. The second kappa shape index (κ2) is 11.0. The molecule has 0 aromatic heterocycles. The summed E-state index contributed by atoms with van der Waals surface area (Å²) in [6.45, 7) is 4.11. The van der Waals surface area contributed by atoms with Crippen molar-refractivity contribution in [2.24, 2.45) is 17.8 Å². The van der Waals surface area contributed by atoms with E-state index in [1.165, 1.54) is 24.8 Å². The minimum absolute atomic E-state index is 0.0281. The number of allylic oxidation sites excluding steroid dienone is 6. The van der Waals surface area contributed by atoms with Crippen LogP contribution in [0, 0.1) is 17.8 Å². The number of rotatable bonds is 5. The van der Waals surface area contributed by atoms with Gasteiger partial charge in [-0.3, -0.25) is 29.0 Å². The van der Waals surface area contributed by atoms with E-state index in [0.717, 1.165) is 38.0 Å². The normalized spacial score (nSPS) is 27.5. The molecular weight excluding hydrogens is 556 g/mol. The molecule has 2 fully saturated rings. The molecule has 5 aliphatic rings. The van der Waals surface area contributed by atoms with Gasteiger partial charge in [0.15, 0.2) is 23.1 Å². The van der Waals surface area contributed by atoms with Gasteiger partial charge in [0.1, 0.15) is 0 Å². The molecule has 4 atom stereocenters. The van der Waals surface area contributed by atoms with Crippen LogP contribution in [0.5, 0.6) is 11.5 Å². The fraction of sp³-hybridized carbons (Fsp3) is 0.389. The molecule has 7 rings (SSSR count). The summed E-state index contributed by atoms with van der Waals surface area (Å²) in [7, 11) is 1.46. The lowest BCUT2D eigenvalue weighted by atomic mass is 9.59. The molecule has 0 unspecified atom stereocenters. The minimum Gasteiger partial charge on any atom is -0.504 e. The number of phenolic OH excluding ortho intramolecular Hbond substituents is 1. The van der Waals surface area contributed by atoms with Gasteiger partial charge in [-0.25, -0.2) is 0 Å². The Hall–Kier alpha value is -4.30. The molecule has 1 N–H and O–H groups in total. The number of amides is 2. The molecule has 8 heteroatoms. The molecule has 0 spiro atoms. The number of ether oxygens (including phenoxy) is 1. The van der Waals surface area contributed by atoms with Crippen molar-refractivity contribution < 1.29 is 29.0 Å². The van der Waals surface area contributed by atoms with Crippen LogP contribution in [-0.2, 0) is 25.7 Å². The predicted octanol–water partition coefficient (Wildman–Crippen LogP) is 4.49. The van der Waals surface area contributed by atoms with Crippen LogP contribution in [0.3, 0.4) is 0 Å². The Morgan fingerprint density at radius 2 is 1.70 bits per heavy atom. The van der Waals surface area contributed by atoms with Crippen molar-refractivity contribution in [1.82, 2.24) is 9.80 Å². The van der Waals surface area contributed by atoms with Crippen molar-refractivity contribution in [2.75, 3.05) is 20.2 Å². The molecule has 2 aromatic rings. The molecule has 8 nitrogen and oxygen atoms in total. The van der Waals surface area contributed by atoms with Gasteiger partial charge in [-0.15, -0.1) is 0 Å². The molecule has 226 valence electrons. The molecule has 2 heterocycles. The Balaban J connectivity index is 1.19. The highest BCUT2D eigenvalue weighted by molar-refractivity contribution is 6.23. The summed E-state index contributed by atoms with van der Waals surface area (Å²) in [6.07, 6.45) is 5.55. The van der Waals surface area contributed by atoms with Gasteiger partial charge in [0, 0.05) is 48.3 Å². The van der Waals surface area contributed by atoms with Crippen LogP contribution >= 0.6 is 0 Å². The van der Waals surface area contributed by atoms with Crippen LogP contribution in [0.4, 0.5) is 0 Å². The number of nitrogens with zero attached hydrogens (tertiary/aromatic N) is 2. The Morgan fingerprint density at radius 1 is 0.955 bits per heavy atom. The van der Waals surface area contributed by atoms with E-state index in [1.807, 2.05) is 24.3 Å². The largest absolute Gasteiger partial charge is 0.504 e. The summed E-state index contributed by atoms with van der Waals surface area (Å²) in [5.74, 6) is -2.41. The summed E-state index contributed by atoms with van der Waals surface area (Å²) < 4.78 is 5.38. The van der Waals surface area contributed by atoms with E-state index in [0.29, 0.717) is 28.7 Å². The first kappa shape index (κ1) is 28.5. The molecule has 0 radical (unpaired) electrons. The van der Waals surface area contributed by atoms with Gasteiger partial charge in [-0.1, -0.05) is 48.0 Å². The van der Waals surface area contributed by atoms with Crippen molar-refractivity contribution in [3.8, 4) is 11.5 Å². The molecule has 3 aliphatic carbocycles. The monoisotopic (exact) mass is 592 g/mol. The maximum absolute atomic E-state index is 14.3. The zero-order chi connectivity index (χ0) is 30.7. The van der Waals surface area contributed by atoms with Crippen molar-refractivity contribution in [3.63, 3.8) is 0 Å². The lowest BCUT2D eigenvalue weighted by Gasteiger charge is -2.42. The lowest BCUT2D eigenvalue weighted by molar-refractivity contribution is -0.144. The number of piperidine rings is 1. The third kappa shape index (κ3) is 4.54. The van der Waals surface area contributed by atoms with E-state index in [1.54, 1.807) is 24.0 Å². The van der Waals surface area contributed by atoms with E-state index >= 15 is 0 Å². The van der Waals surface area contributed by atoms with Gasteiger partial charge in [0.05, 0.1) is 18.9 Å².